The molecule has 0 spiro atoms. The average Bonchev–Trinajstić information content (AvgIpc) is 2.78. The summed E-state index contributed by atoms with van der Waals surface area (Å²) in [5, 5.41) is 12.6. The lowest BCUT2D eigenvalue weighted by Crippen LogP contribution is -2.34. The smallest absolute Gasteiger partial charge is 0.409 e. The van der Waals surface area contributed by atoms with Gasteiger partial charge in [-0.3, -0.25) is 25.2 Å². The van der Waals surface area contributed by atoms with Crippen LogP contribution in [0.25, 0.3) is 0 Å². The van der Waals surface area contributed by atoms with Crippen LogP contribution in [-0.2, 0) is 4.79 Å². The molecule has 0 bridgehead atoms. The standard InChI is InChI=1S/C4H3NO3.C3H5N3O2/c6-5(7)4-2-1-3-8-4;4-6-1-2(7)5-3(6)8/h1-3H;1,4H2,(H,5,7,8). The van der Waals surface area contributed by atoms with Crippen molar-refractivity contribution in [3.63, 3.8) is 0 Å². The lowest BCUT2D eigenvalue weighted by atomic mass is 10.6. The van der Waals surface area contributed by atoms with Gasteiger partial charge in [-0.1, -0.05) is 0 Å². The fraction of sp³-hybridized carbons (Fsp3) is 0.143. The summed E-state index contributed by atoms with van der Waals surface area (Å²) in [7, 11) is 0. The molecule has 1 saturated heterocycles. The van der Waals surface area contributed by atoms with Crippen molar-refractivity contribution in [2.45, 2.75) is 0 Å². The summed E-state index contributed by atoms with van der Waals surface area (Å²) in [6, 6.07) is 2.23. The Balaban J connectivity index is 0.000000160. The van der Waals surface area contributed by atoms with E-state index in [9.17, 15) is 19.7 Å². The Labute approximate surface area is 88.9 Å². The second kappa shape index (κ2) is 4.89. The van der Waals surface area contributed by atoms with E-state index in [1.807, 2.05) is 5.32 Å². The molecule has 3 N–H and O–H groups in total. The number of nitrogens with two attached hydrogens (primary N) is 1. The molecule has 3 amide bonds. The third kappa shape index (κ3) is 3.06. The van der Waals surface area contributed by atoms with Gasteiger partial charge < -0.3 is 4.42 Å². The predicted octanol–water partition coefficient (Wildman–Crippen LogP) is -0.400. The number of rotatable bonds is 1. The highest BCUT2D eigenvalue weighted by molar-refractivity contribution is 6.01. The van der Waals surface area contributed by atoms with E-state index in [0.717, 1.165) is 5.01 Å². The molecule has 0 radical (unpaired) electrons. The van der Waals surface area contributed by atoms with Gasteiger partial charge in [0.25, 0.3) is 0 Å². The molecule has 0 unspecified atom stereocenters. The Hall–Kier alpha value is -2.42. The largest absolute Gasteiger partial charge is 0.432 e. The zero-order valence-corrected chi connectivity index (χ0v) is 7.95. The van der Waals surface area contributed by atoms with Crippen molar-refractivity contribution in [3.8, 4) is 0 Å². The van der Waals surface area contributed by atoms with Gasteiger partial charge in [0.1, 0.15) is 11.5 Å². The highest BCUT2D eigenvalue weighted by Gasteiger charge is 2.22. The first-order chi connectivity index (χ1) is 7.50. The van der Waals surface area contributed by atoms with Crippen molar-refractivity contribution in [1.82, 2.24) is 10.3 Å². The minimum Gasteiger partial charge on any atom is -0.409 e. The minimum absolute atomic E-state index is 0.0289. The molecule has 16 heavy (non-hydrogen) atoms. The van der Waals surface area contributed by atoms with Crippen molar-refractivity contribution in [3.05, 3.63) is 28.5 Å². The summed E-state index contributed by atoms with van der Waals surface area (Å²) in [4.78, 5) is 29.7. The Morgan fingerprint density at radius 1 is 1.56 bits per heavy atom. The highest BCUT2D eigenvalue weighted by Crippen LogP contribution is 2.08. The predicted molar refractivity (Wildman–Crippen MR) is 49.8 cm³/mol. The number of carbonyl (C=O) groups is 2. The van der Waals surface area contributed by atoms with Crippen LogP contribution in [0, 0.1) is 10.1 Å². The van der Waals surface area contributed by atoms with E-state index in [4.69, 9.17) is 5.84 Å². The van der Waals surface area contributed by atoms with Gasteiger partial charge in [0, 0.05) is 0 Å². The number of imide groups is 1. The van der Waals surface area contributed by atoms with Gasteiger partial charge >= 0.3 is 11.9 Å². The van der Waals surface area contributed by atoms with Gasteiger partial charge in [-0.15, -0.1) is 0 Å². The summed E-state index contributed by atoms with van der Waals surface area (Å²) in [5.74, 6) is 4.40. The van der Waals surface area contributed by atoms with E-state index in [1.165, 1.54) is 18.4 Å². The van der Waals surface area contributed by atoms with Crippen LogP contribution >= 0.6 is 0 Å². The van der Waals surface area contributed by atoms with Gasteiger partial charge in [0.05, 0.1) is 12.3 Å². The summed E-state index contributed by atoms with van der Waals surface area (Å²) in [6.45, 7) is -0.0289. The molecule has 0 aromatic carbocycles. The van der Waals surface area contributed by atoms with Crippen LogP contribution in [0.2, 0.25) is 0 Å². The van der Waals surface area contributed by atoms with Crippen LogP contribution < -0.4 is 11.2 Å². The first-order valence-electron chi connectivity index (χ1n) is 4.04. The molecule has 0 aliphatic carbocycles. The molecule has 2 heterocycles. The number of nitrogens with zero attached hydrogens (tertiary/aromatic N) is 2. The van der Waals surface area contributed by atoms with Crippen LogP contribution in [0.3, 0.4) is 0 Å². The van der Waals surface area contributed by atoms with Crippen LogP contribution in [0.15, 0.2) is 22.8 Å². The maximum Gasteiger partial charge on any atom is 0.432 e. The Kier molecular flexibility index (Phi) is 3.56. The van der Waals surface area contributed by atoms with E-state index in [-0.39, 0.29) is 18.3 Å². The number of nitro groups is 1. The Bertz CT molecular complexity index is 401. The van der Waals surface area contributed by atoms with Crippen LogP contribution in [0.5, 0.6) is 0 Å². The third-order valence-electron chi connectivity index (χ3n) is 1.51. The number of carbonyl (C=O) groups excluding carboxylic acids is 2. The Morgan fingerprint density at radius 3 is 2.44 bits per heavy atom. The van der Waals surface area contributed by atoms with Crippen molar-refractivity contribution < 1.29 is 18.9 Å². The molecule has 2 rings (SSSR count). The third-order valence-corrected chi connectivity index (χ3v) is 1.51. The number of urea groups is 1. The van der Waals surface area contributed by atoms with E-state index >= 15 is 0 Å². The first-order valence-corrected chi connectivity index (χ1v) is 4.04. The van der Waals surface area contributed by atoms with E-state index in [2.05, 4.69) is 4.42 Å². The zero-order valence-electron chi connectivity index (χ0n) is 7.95. The molecule has 0 atom stereocenters. The highest BCUT2D eigenvalue weighted by atomic mass is 16.6. The molecule has 86 valence electrons. The molecule has 9 heteroatoms. The van der Waals surface area contributed by atoms with Gasteiger partial charge in [0.15, 0.2) is 0 Å². The lowest BCUT2D eigenvalue weighted by molar-refractivity contribution is -0.402. The molecule has 1 aromatic rings. The van der Waals surface area contributed by atoms with Crippen LogP contribution in [-0.4, -0.2) is 28.4 Å². The van der Waals surface area contributed by atoms with Gasteiger partial charge in [-0.2, -0.15) is 0 Å². The molecule has 1 fully saturated rings. The molecule has 1 aliphatic rings. The summed E-state index contributed by atoms with van der Waals surface area (Å²) in [6.07, 6.45) is 1.26. The summed E-state index contributed by atoms with van der Waals surface area (Å²) < 4.78 is 4.40. The second-order valence-corrected chi connectivity index (χ2v) is 2.69. The van der Waals surface area contributed by atoms with Gasteiger partial charge in [-0.25, -0.2) is 10.6 Å². The van der Waals surface area contributed by atoms with Crippen molar-refractivity contribution >= 4 is 17.8 Å². The minimum atomic E-state index is -0.583. The Morgan fingerprint density at radius 2 is 2.25 bits per heavy atom. The summed E-state index contributed by atoms with van der Waals surface area (Å²) >= 11 is 0. The average molecular weight is 228 g/mol. The zero-order chi connectivity index (χ0) is 12.1. The molecule has 0 saturated carbocycles. The summed E-state index contributed by atoms with van der Waals surface area (Å²) in [5.41, 5.74) is 0. The number of hydrogen-bond acceptors (Lipinski definition) is 6. The number of nitrogens with one attached hydrogen (secondary N) is 1. The van der Waals surface area contributed by atoms with Crippen molar-refractivity contribution in [1.29, 1.82) is 0 Å². The van der Waals surface area contributed by atoms with Crippen molar-refractivity contribution in [2.75, 3.05) is 6.54 Å². The molecule has 9 nitrogen and oxygen atoms in total. The van der Waals surface area contributed by atoms with E-state index in [0.29, 0.717) is 0 Å². The molecule has 1 aliphatic heterocycles. The van der Waals surface area contributed by atoms with E-state index in [1.54, 1.807) is 0 Å². The SMILES string of the molecule is NN1CC(=O)NC1=O.O=[N+]([O-])c1ccco1. The van der Waals surface area contributed by atoms with Crippen LogP contribution in [0.1, 0.15) is 0 Å². The fourth-order valence-corrected chi connectivity index (χ4v) is 0.831. The van der Waals surface area contributed by atoms with Crippen LogP contribution in [0.4, 0.5) is 10.7 Å². The lowest BCUT2D eigenvalue weighted by Gasteiger charge is -1.99. The first kappa shape index (κ1) is 11.7. The molecule has 1 aromatic heterocycles. The van der Waals surface area contributed by atoms with Crippen molar-refractivity contribution in [2.24, 2.45) is 5.84 Å². The normalized spacial score (nSPS) is 14.2. The topological polar surface area (TPSA) is 132 Å². The fourth-order valence-electron chi connectivity index (χ4n) is 0.831. The van der Waals surface area contributed by atoms with Gasteiger partial charge in [-0.05, 0) is 6.07 Å². The molecular formula is C7H8N4O5. The van der Waals surface area contributed by atoms with E-state index < -0.39 is 11.0 Å². The monoisotopic (exact) mass is 228 g/mol. The quantitative estimate of drug-likeness (QED) is 0.221. The maximum absolute atomic E-state index is 10.3. The number of hydrogen-bond donors (Lipinski definition) is 2. The number of hydrazine groups is 1. The second-order valence-electron chi connectivity index (χ2n) is 2.69. The molecular weight excluding hydrogens is 220 g/mol. The number of amides is 3. The maximum atomic E-state index is 10.3. The number of furan rings is 1. The van der Waals surface area contributed by atoms with Gasteiger partial charge in [0.2, 0.25) is 5.91 Å².